The van der Waals surface area contributed by atoms with Gasteiger partial charge in [-0.15, -0.1) is 11.3 Å². The third-order valence-electron chi connectivity index (χ3n) is 4.22. The number of amides is 1. The maximum atomic E-state index is 12.7. The summed E-state index contributed by atoms with van der Waals surface area (Å²) in [7, 11) is -3.67. The summed E-state index contributed by atoms with van der Waals surface area (Å²) >= 11 is 1.15. The Hall–Kier alpha value is -0.960. The number of hydrogen-bond acceptors (Lipinski definition) is 5. The number of fused-ring (bicyclic) bond motifs is 1. The first-order valence-corrected chi connectivity index (χ1v) is 8.88. The molecule has 110 valence electrons. The van der Waals surface area contributed by atoms with Gasteiger partial charge in [-0.1, -0.05) is 12.5 Å². The van der Waals surface area contributed by atoms with E-state index in [-0.39, 0.29) is 16.2 Å². The van der Waals surface area contributed by atoms with Crippen LogP contribution in [-0.2, 0) is 14.8 Å². The van der Waals surface area contributed by atoms with E-state index in [4.69, 9.17) is 5.21 Å². The zero-order valence-electron chi connectivity index (χ0n) is 10.7. The molecule has 1 aliphatic heterocycles. The second-order valence-electron chi connectivity index (χ2n) is 5.25. The Kier molecular flexibility index (Phi) is 3.57. The van der Waals surface area contributed by atoms with E-state index < -0.39 is 22.0 Å². The molecule has 2 N–H and O–H groups in total. The fourth-order valence-electron chi connectivity index (χ4n) is 3.41. The molecule has 1 saturated carbocycles. The van der Waals surface area contributed by atoms with Crippen molar-refractivity contribution in [2.75, 3.05) is 0 Å². The molecule has 0 aromatic carbocycles. The van der Waals surface area contributed by atoms with Crippen molar-refractivity contribution in [3.8, 4) is 0 Å². The molecule has 1 aliphatic carbocycles. The summed E-state index contributed by atoms with van der Waals surface area (Å²) in [5.41, 5.74) is 1.60. The normalized spacial score (nSPS) is 30.4. The van der Waals surface area contributed by atoms with Crippen LogP contribution in [0.3, 0.4) is 0 Å². The van der Waals surface area contributed by atoms with Crippen molar-refractivity contribution < 1.29 is 18.4 Å². The first kappa shape index (κ1) is 14.0. The lowest BCUT2D eigenvalue weighted by Crippen LogP contribution is -2.47. The van der Waals surface area contributed by atoms with Crippen LogP contribution in [0.5, 0.6) is 0 Å². The minimum absolute atomic E-state index is 0.121. The predicted molar refractivity (Wildman–Crippen MR) is 72.8 cm³/mol. The van der Waals surface area contributed by atoms with Gasteiger partial charge in [-0.3, -0.25) is 10.0 Å². The molecule has 6 nitrogen and oxygen atoms in total. The van der Waals surface area contributed by atoms with Crippen molar-refractivity contribution in [3.05, 3.63) is 17.5 Å². The van der Waals surface area contributed by atoms with E-state index in [1.165, 1.54) is 4.31 Å². The van der Waals surface area contributed by atoms with Crippen LogP contribution in [0.15, 0.2) is 21.7 Å². The maximum absolute atomic E-state index is 12.7. The molecule has 1 aromatic heterocycles. The Balaban J connectivity index is 2.01. The van der Waals surface area contributed by atoms with Crippen molar-refractivity contribution in [1.29, 1.82) is 0 Å². The van der Waals surface area contributed by atoms with Crippen molar-refractivity contribution in [3.63, 3.8) is 0 Å². The number of hydroxylamine groups is 1. The van der Waals surface area contributed by atoms with Crippen LogP contribution >= 0.6 is 11.3 Å². The van der Waals surface area contributed by atoms with E-state index in [0.29, 0.717) is 6.42 Å². The molecule has 3 atom stereocenters. The number of rotatable bonds is 3. The van der Waals surface area contributed by atoms with Crippen LogP contribution < -0.4 is 5.48 Å². The minimum Gasteiger partial charge on any atom is -0.289 e. The molecule has 8 heteroatoms. The van der Waals surface area contributed by atoms with Crippen LogP contribution in [0.4, 0.5) is 0 Å². The fourth-order valence-corrected chi connectivity index (χ4v) is 6.37. The van der Waals surface area contributed by atoms with Crippen molar-refractivity contribution in [2.24, 2.45) is 5.92 Å². The third kappa shape index (κ3) is 2.07. The van der Waals surface area contributed by atoms with E-state index in [1.807, 2.05) is 0 Å². The number of carbonyl (C=O) groups excluding carboxylic acids is 1. The molecule has 0 radical (unpaired) electrons. The number of nitrogens with one attached hydrogen (secondary N) is 1. The standard InChI is InChI=1S/C12H16N2O4S2/c15-12(13-16)10-7-8-3-1-4-9(8)14(10)20(17,18)11-5-2-6-19-11/h2,5-6,8-10,16H,1,3-4,7H2,(H,13,15)/t8-,9-,10-/m1/s1. The van der Waals surface area contributed by atoms with Gasteiger partial charge in [0.05, 0.1) is 0 Å². The molecule has 0 unspecified atom stereocenters. The van der Waals surface area contributed by atoms with Gasteiger partial charge in [-0.25, -0.2) is 13.9 Å². The van der Waals surface area contributed by atoms with Gasteiger partial charge in [-0.05, 0) is 36.6 Å². The minimum atomic E-state index is -3.67. The first-order valence-electron chi connectivity index (χ1n) is 6.56. The third-order valence-corrected chi connectivity index (χ3v) is 7.53. The van der Waals surface area contributed by atoms with Crippen molar-refractivity contribution >= 4 is 27.3 Å². The number of sulfonamides is 1. The van der Waals surface area contributed by atoms with Gasteiger partial charge < -0.3 is 0 Å². The van der Waals surface area contributed by atoms with Gasteiger partial charge in [0.2, 0.25) is 0 Å². The van der Waals surface area contributed by atoms with Gasteiger partial charge in [0.25, 0.3) is 15.9 Å². The van der Waals surface area contributed by atoms with E-state index >= 15 is 0 Å². The number of thiophene rings is 1. The summed E-state index contributed by atoms with van der Waals surface area (Å²) in [5, 5.41) is 10.6. The highest BCUT2D eigenvalue weighted by Crippen LogP contribution is 2.44. The second-order valence-corrected chi connectivity index (χ2v) is 8.27. The summed E-state index contributed by atoms with van der Waals surface area (Å²) in [6, 6.07) is 2.31. The lowest BCUT2D eigenvalue weighted by Gasteiger charge is -2.26. The van der Waals surface area contributed by atoms with Gasteiger partial charge in [0, 0.05) is 6.04 Å². The monoisotopic (exact) mass is 316 g/mol. The highest BCUT2D eigenvalue weighted by atomic mass is 32.2. The van der Waals surface area contributed by atoms with Gasteiger partial charge in [0.1, 0.15) is 10.3 Å². The topological polar surface area (TPSA) is 86.7 Å². The molecule has 2 aliphatic rings. The molecule has 1 amide bonds. The smallest absolute Gasteiger partial charge is 0.261 e. The highest BCUT2D eigenvalue weighted by molar-refractivity contribution is 7.91. The molecule has 20 heavy (non-hydrogen) atoms. The Morgan fingerprint density at radius 2 is 2.25 bits per heavy atom. The zero-order valence-corrected chi connectivity index (χ0v) is 12.4. The molecular formula is C12H16N2O4S2. The summed E-state index contributed by atoms with van der Waals surface area (Å²) in [6.07, 6.45) is 3.20. The van der Waals surface area contributed by atoms with Crippen LogP contribution in [0, 0.1) is 5.92 Å². The fraction of sp³-hybridized carbons (Fsp3) is 0.583. The lowest BCUT2D eigenvalue weighted by atomic mass is 10.0. The van der Waals surface area contributed by atoms with E-state index in [9.17, 15) is 13.2 Å². The molecule has 1 saturated heterocycles. The Morgan fingerprint density at radius 1 is 1.45 bits per heavy atom. The summed E-state index contributed by atoms with van der Waals surface area (Å²) in [4.78, 5) is 11.8. The van der Waals surface area contributed by atoms with E-state index in [0.717, 1.165) is 30.6 Å². The quantitative estimate of drug-likeness (QED) is 0.648. The summed E-state index contributed by atoms with van der Waals surface area (Å²) < 4.78 is 27.1. The Morgan fingerprint density at radius 3 is 2.90 bits per heavy atom. The Labute approximate surface area is 121 Å². The molecular weight excluding hydrogens is 300 g/mol. The molecule has 2 heterocycles. The largest absolute Gasteiger partial charge is 0.289 e. The molecule has 0 bridgehead atoms. The average molecular weight is 316 g/mol. The van der Waals surface area contributed by atoms with Crippen LogP contribution in [-0.4, -0.2) is 35.9 Å². The Bertz CT molecular complexity index is 599. The molecule has 3 rings (SSSR count). The molecule has 1 aromatic rings. The summed E-state index contributed by atoms with van der Waals surface area (Å²) in [6.45, 7) is 0. The highest BCUT2D eigenvalue weighted by Gasteiger charge is 2.52. The van der Waals surface area contributed by atoms with Crippen molar-refractivity contribution in [1.82, 2.24) is 9.79 Å². The summed E-state index contributed by atoms with van der Waals surface area (Å²) in [5.74, 6) is -0.424. The predicted octanol–water partition coefficient (Wildman–Crippen LogP) is 1.19. The second kappa shape index (κ2) is 5.10. The molecule has 0 spiro atoms. The molecule has 2 fully saturated rings. The van der Waals surface area contributed by atoms with E-state index in [1.54, 1.807) is 23.0 Å². The van der Waals surface area contributed by atoms with Crippen LogP contribution in [0.25, 0.3) is 0 Å². The SMILES string of the molecule is O=C(NO)[C@H]1C[C@H]2CCC[C@H]2N1S(=O)(=O)c1cccs1. The maximum Gasteiger partial charge on any atom is 0.261 e. The van der Waals surface area contributed by atoms with Crippen LogP contribution in [0.2, 0.25) is 0 Å². The average Bonchev–Trinajstić information content (AvgIpc) is 3.12. The van der Waals surface area contributed by atoms with Crippen molar-refractivity contribution in [2.45, 2.75) is 42.0 Å². The van der Waals surface area contributed by atoms with Crippen LogP contribution in [0.1, 0.15) is 25.7 Å². The number of nitrogens with zero attached hydrogens (tertiary/aromatic N) is 1. The van der Waals surface area contributed by atoms with E-state index in [2.05, 4.69) is 0 Å². The first-order chi connectivity index (χ1) is 9.55. The van der Waals surface area contributed by atoms with Gasteiger partial charge in [0.15, 0.2) is 0 Å². The zero-order chi connectivity index (χ0) is 14.3. The number of carbonyl (C=O) groups is 1. The van der Waals surface area contributed by atoms with Gasteiger partial charge in [-0.2, -0.15) is 4.31 Å². The number of hydrogen-bond donors (Lipinski definition) is 2. The van der Waals surface area contributed by atoms with Gasteiger partial charge >= 0.3 is 0 Å². The lowest BCUT2D eigenvalue weighted by molar-refractivity contribution is -0.132.